The van der Waals surface area contributed by atoms with Gasteiger partial charge in [0.15, 0.2) is 0 Å². The molecule has 1 aliphatic rings. The van der Waals surface area contributed by atoms with Crippen LogP contribution in [0.3, 0.4) is 0 Å². The van der Waals surface area contributed by atoms with Crippen molar-refractivity contribution in [3.05, 3.63) is 29.6 Å². The first-order valence-corrected chi connectivity index (χ1v) is 6.35. The van der Waals surface area contributed by atoms with Gasteiger partial charge in [0.25, 0.3) is 0 Å². The van der Waals surface area contributed by atoms with E-state index in [0.717, 1.165) is 17.7 Å². The molecule has 1 unspecified atom stereocenters. The van der Waals surface area contributed by atoms with Gasteiger partial charge in [-0.3, -0.25) is 0 Å². The van der Waals surface area contributed by atoms with Gasteiger partial charge >= 0.3 is 0 Å². The summed E-state index contributed by atoms with van der Waals surface area (Å²) in [6.45, 7) is 1.96. The molecular weight excluding hydrogens is 215 g/mol. The third-order valence-electron chi connectivity index (χ3n) is 3.59. The molecule has 0 aromatic heterocycles. The topological polar surface area (TPSA) is 29.3 Å². The number of halogens is 1. The molecule has 2 nitrogen and oxygen atoms in total. The van der Waals surface area contributed by atoms with Crippen molar-refractivity contribution in [2.24, 2.45) is 5.73 Å². The average molecular weight is 236 g/mol. The van der Waals surface area contributed by atoms with Crippen molar-refractivity contribution >= 4 is 5.69 Å². The van der Waals surface area contributed by atoms with Gasteiger partial charge in [0.1, 0.15) is 5.82 Å². The lowest BCUT2D eigenvalue weighted by Gasteiger charge is -2.37. The van der Waals surface area contributed by atoms with Crippen LogP contribution in [0.2, 0.25) is 0 Å². The van der Waals surface area contributed by atoms with Crippen molar-refractivity contribution in [2.45, 2.75) is 44.7 Å². The molecule has 0 radical (unpaired) electrons. The quantitative estimate of drug-likeness (QED) is 0.871. The van der Waals surface area contributed by atoms with Crippen molar-refractivity contribution in [3.63, 3.8) is 0 Å². The van der Waals surface area contributed by atoms with Crippen LogP contribution >= 0.6 is 0 Å². The zero-order valence-electron chi connectivity index (χ0n) is 10.6. The lowest BCUT2D eigenvalue weighted by atomic mass is 9.90. The highest BCUT2D eigenvalue weighted by Crippen LogP contribution is 2.31. The number of nitrogens with zero attached hydrogens (tertiary/aromatic N) is 1. The Balaban J connectivity index is 2.24. The Morgan fingerprint density at radius 3 is 2.71 bits per heavy atom. The van der Waals surface area contributed by atoms with E-state index >= 15 is 0 Å². The Labute approximate surface area is 103 Å². The second kappa shape index (κ2) is 5.05. The summed E-state index contributed by atoms with van der Waals surface area (Å²) in [4.78, 5) is 2.28. The second-order valence-corrected chi connectivity index (χ2v) is 5.15. The number of hydrogen-bond donors (Lipinski definition) is 1. The fourth-order valence-electron chi connectivity index (χ4n) is 2.38. The minimum absolute atomic E-state index is 0.0605. The summed E-state index contributed by atoms with van der Waals surface area (Å²) in [5, 5.41) is 0. The van der Waals surface area contributed by atoms with Crippen molar-refractivity contribution < 1.29 is 4.39 Å². The summed E-state index contributed by atoms with van der Waals surface area (Å²) >= 11 is 0. The maximum Gasteiger partial charge on any atom is 0.123 e. The molecule has 94 valence electrons. The van der Waals surface area contributed by atoms with Crippen molar-refractivity contribution in [2.75, 3.05) is 11.9 Å². The third kappa shape index (κ3) is 2.78. The zero-order valence-corrected chi connectivity index (χ0v) is 10.6. The van der Waals surface area contributed by atoms with E-state index in [0.29, 0.717) is 6.04 Å². The molecule has 0 spiro atoms. The van der Waals surface area contributed by atoms with Gasteiger partial charge in [0.05, 0.1) is 0 Å². The van der Waals surface area contributed by atoms with E-state index in [9.17, 15) is 4.39 Å². The maximum absolute atomic E-state index is 13.3. The highest BCUT2D eigenvalue weighted by atomic mass is 19.1. The van der Waals surface area contributed by atoms with Gasteiger partial charge in [0, 0.05) is 24.8 Å². The molecule has 3 heteroatoms. The van der Waals surface area contributed by atoms with Gasteiger partial charge in [-0.05, 0) is 56.4 Å². The molecule has 1 aliphatic carbocycles. The van der Waals surface area contributed by atoms with Gasteiger partial charge in [-0.15, -0.1) is 0 Å². The fraction of sp³-hybridized carbons (Fsp3) is 0.571. The first-order valence-electron chi connectivity index (χ1n) is 6.35. The van der Waals surface area contributed by atoms with E-state index in [2.05, 4.69) is 11.9 Å². The summed E-state index contributed by atoms with van der Waals surface area (Å²) in [5.41, 5.74) is 7.98. The normalized spacial score (nSPS) is 17.6. The van der Waals surface area contributed by atoms with E-state index in [1.54, 1.807) is 6.07 Å². The summed E-state index contributed by atoms with van der Waals surface area (Å²) < 4.78 is 13.3. The van der Waals surface area contributed by atoms with Gasteiger partial charge in [0.2, 0.25) is 0 Å². The molecule has 17 heavy (non-hydrogen) atoms. The van der Waals surface area contributed by atoms with Crippen molar-refractivity contribution in [1.29, 1.82) is 0 Å². The molecule has 1 saturated carbocycles. The summed E-state index contributed by atoms with van der Waals surface area (Å²) in [7, 11) is 2.10. The maximum atomic E-state index is 13.3. The molecule has 1 fully saturated rings. The van der Waals surface area contributed by atoms with Crippen LogP contribution in [-0.4, -0.2) is 19.1 Å². The number of hydrogen-bond acceptors (Lipinski definition) is 2. The molecule has 2 N–H and O–H groups in total. The summed E-state index contributed by atoms with van der Waals surface area (Å²) in [6, 6.07) is 5.71. The highest BCUT2D eigenvalue weighted by molar-refractivity contribution is 5.54. The minimum atomic E-state index is -0.175. The zero-order chi connectivity index (χ0) is 12.4. The Kier molecular flexibility index (Phi) is 3.67. The van der Waals surface area contributed by atoms with Crippen molar-refractivity contribution in [3.8, 4) is 0 Å². The Bertz CT molecular complexity index is 386. The number of rotatable bonds is 4. The molecule has 0 heterocycles. The molecule has 1 atom stereocenters. The van der Waals surface area contributed by atoms with Crippen LogP contribution in [0, 0.1) is 5.82 Å². The Morgan fingerprint density at radius 1 is 1.47 bits per heavy atom. The van der Waals surface area contributed by atoms with Crippen molar-refractivity contribution in [1.82, 2.24) is 0 Å². The van der Waals surface area contributed by atoms with Crippen LogP contribution < -0.4 is 10.6 Å². The predicted molar refractivity (Wildman–Crippen MR) is 69.8 cm³/mol. The van der Waals surface area contributed by atoms with E-state index in [-0.39, 0.29) is 11.9 Å². The molecule has 0 amide bonds. The Hall–Kier alpha value is -1.09. The molecule has 0 bridgehead atoms. The van der Waals surface area contributed by atoms with Crippen LogP contribution in [0.1, 0.15) is 31.7 Å². The summed E-state index contributed by atoms with van der Waals surface area (Å²) in [5.74, 6) is -0.175. The van der Waals surface area contributed by atoms with Gasteiger partial charge < -0.3 is 10.6 Å². The SMILES string of the molecule is CC(N)Cc1cc(F)ccc1N(C)C1CCC1. The van der Waals surface area contributed by atoms with E-state index < -0.39 is 0 Å². The second-order valence-electron chi connectivity index (χ2n) is 5.15. The van der Waals surface area contributed by atoms with E-state index in [1.807, 2.05) is 13.0 Å². The average Bonchev–Trinajstić information content (AvgIpc) is 2.13. The number of benzene rings is 1. The molecule has 2 rings (SSSR count). The standard InChI is InChI=1S/C14H21FN2/c1-10(16)8-11-9-12(15)6-7-14(11)17(2)13-4-3-5-13/h6-7,9-10,13H,3-5,8,16H2,1-2H3. The van der Waals surface area contributed by atoms with Crippen LogP contribution in [-0.2, 0) is 6.42 Å². The number of anilines is 1. The summed E-state index contributed by atoms with van der Waals surface area (Å²) in [6.07, 6.45) is 4.51. The fourth-order valence-corrected chi connectivity index (χ4v) is 2.38. The third-order valence-corrected chi connectivity index (χ3v) is 3.59. The lowest BCUT2D eigenvalue weighted by Crippen LogP contribution is -2.38. The van der Waals surface area contributed by atoms with E-state index in [1.165, 1.54) is 25.3 Å². The first-order chi connectivity index (χ1) is 8.08. The predicted octanol–water partition coefficient (Wildman–Crippen LogP) is 2.70. The molecule has 0 saturated heterocycles. The van der Waals surface area contributed by atoms with Gasteiger partial charge in [-0.1, -0.05) is 0 Å². The number of nitrogens with two attached hydrogens (primary N) is 1. The monoisotopic (exact) mass is 236 g/mol. The lowest BCUT2D eigenvalue weighted by molar-refractivity contribution is 0.400. The first kappa shape index (κ1) is 12.4. The van der Waals surface area contributed by atoms with Crippen LogP contribution in [0.4, 0.5) is 10.1 Å². The minimum Gasteiger partial charge on any atom is -0.371 e. The molecule has 0 aliphatic heterocycles. The Morgan fingerprint density at radius 2 is 2.18 bits per heavy atom. The van der Waals surface area contributed by atoms with Crippen LogP contribution in [0.15, 0.2) is 18.2 Å². The van der Waals surface area contributed by atoms with Gasteiger partial charge in [-0.25, -0.2) is 4.39 Å². The van der Waals surface area contributed by atoms with Crippen LogP contribution in [0.25, 0.3) is 0 Å². The molecule has 1 aromatic rings. The molecular formula is C14H21FN2. The van der Waals surface area contributed by atoms with Crippen LogP contribution in [0.5, 0.6) is 0 Å². The van der Waals surface area contributed by atoms with Gasteiger partial charge in [-0.2, -0.15) is 0 Å². The van der Waals surface area contributed by atoms with E-state index in [4.69, 9.17) is 5.73 Å². The smallest absolute Gasteiger partial charge is 0.123 e. The molecule has 1 aromatic carbocycles. The highest BCUT2D eigenvalue weighted by Gasteiger charge is 2.23. The largest absolute Gasteiger partial charge is 0.371 e.